The van der Waals surface area contributed by atoms with Gasteiger partial charge in [-0.25, -0.2) is 4.98 Å². The van der Waals surface area contributed by atoms with E-state index >= 15 is 0 Å². The van der Waals surface area contributed by atoms with Crippen molar-refractivity contribution in [3.63, 3.8) is 0 Å². The Morgan fingerprint density at radius 2 is 1.88 bits per heavy atom. The van der Waals surface area contributed by atoms with Gasteiger partial charge in [-0.1, -0.05) is 35.1 Å². The summed E-state index contributed by atoms with van der Waals surface area (Å²) < 4.78 is 30.3. The second kappa shape index (κ2) is 10.2. The quantitative estimate of drug-likeness (QED) is 0.479. The highest BCUT2D eigenvalue weighted by Crippen LogP contribution is 2.41. The van der Waals surface area contributed by atoms with E-state index in [1.54, 1.807) is 12.1 Å². The minimum Gasteiger partial charge on any atom is -0.434 e. The van der Waals surface area contributed by atoms with Gasteiger partial charge in [0.05, 0.1) is 0 Å². The van der Waals surface area contributed by atoms with E-state index in [1.807, 2.05) is 17.0 Å². The number of hydrogen-bond donors (Lipinski definition) is 1. The number of ether oxygens (including phenoxy) is 1. The minimum atomic E-state index is -2.99. The van der Waals surface area contributed by atoms with Crippen LogP contribution in [0.5, 0.6) is 5.75 Å². The highest BCUT2D eigenvalue weighted by molar-refractivity contribution is 7.19. The third-order valence-corrected chi connectivity index (χ3v) is 7.10. The largest absolute Gasteiger partial charge is 0.434 e. The Labute approximate surface area is 205 Å². The van der Waals surface area contributed by atoms with Gasteiger partial charge in [0, 0.05) is 40.8 Å². The van der Waals surface area contributed by atoms with Crippen molar-refractivity contribution in [1.82, 2.24) is 14.8 Å². The van der Waals surface area contributed by atoms with Gasteiger partial charge < -0.3 is 20.3 Å². The number of halogens is 3. The summed E-state index contributed by atoms with van der Waals surface area (Å²) in [5, 5.41) is 1.30. The molecular formula is C24H25ClF2N4O2S. The number of amides is 1. The number of benzene rings is 2. The molecule has 1 aromatic heterocycles. The number of carbonyl (C=O) groups is 1. The zero-order valence-electron chi connectivity index (χ0n) is 18.8. The van der Waals surface area contributed by atoms with E-state index in [9.17, 15) is 13.6 Å². The molecule has 1 aliphatic heterocycles. The van der Waals surface area contributed by atoms with Crippen LogP contribution in [0.3, 0.4) is 0 Å². The van der Waals surface area contributed by atoms with Gasteiger partial charge in [0.2, 0.25) is 0 Å². The lowest BCUT2D eigenvalue weighted by Gasteiger charge is -2.35. The van der Waals surface area contributed by atoms with Crippen molar-refractivity contribution in [2.24, 2.45) is 0 Å². The first-order chi connectivity index (χ1) is 16.2. The first-order valence-electron chi connectivity index (χ1n) is 10.8. The van der Waals surface area contributed by atoms with Crippen molar-refractivity contribution in [3.05, 3.63) is 53.1 Å². The average molecular weight is 507 g/mol. The van der Waals surface area contributed by atoms with Gasteiger partial charge in [-0.3, -0.25) is 4.79 Å². The molecule has 34 heavy (non-hydrogen) atoms. The fraction of sp³-hybridized carbons (Fsp3) is 0.333. The summed E-state index contributed by atoms with van der Waals surface area (Å²) in [6.07, 6.45) is 1.91. The fourth-order valence-corrected chi connectivity index (χ4v) is 5.08. The Balaban J connectivity index is 1.53. The van der Waals surface area contributed by atoms with E-state index < -0.39 is 6.61 Å². The smallest absolute Gasteiger partial charge is 0.387 e. The summed E-state index contributed by atoms with van der Waals surface area (Å²) in [6, 6.07) is 12.0. The predicted octanol–water partition coefficient (Wildman–Crippen LogP) is 5.48. The molecule has 0 spiro atoms. The molecule has 0 aliphatic carbocycles. The number of nitrogen functional groups attached to an aromatic ring is 1. The third kappa shape index (κ3) is 5.32. The van der Waals surface area contributed by atoms with Crippen molar-refractivity contribution in [2.45, 2.75) is 25.5 Å². The van der Waals surface area contributed by atoms with Crippen molar-refractivity contribution < 1.29 is 18.3 Å². The molecule has 0 radical (unpaired) electrons. The number of alkyl halides is 2. The van der Waals surface area contributed by atoms with Crippen molar-refractivity contribution >= 4 is 33.8 Å². The second-order valence-electron chi connectivity index (χ2n) is 8.32. The molecule has 1 saturated heterocycles. The van der Waals surface area contributed by atoms with E-state index in [-0.39, 0.29) is 11.7 Å². The molecule has 2 heterocycles. The van der Waals surface area contributed by atoms with Gasteiger partial charge in [0.25, 0.3) is 5.91 Å². The van der Waals surface area contributed by atoms with Gasteiger partial charge in [-0.2, -0.15) is 8.78 Å². The zero-order valence-corrected chi connectivity index (χ0v) is 20.4. The van der Waals surface area contributed by atoms with Crippen LogP contribution in [0.4, 0.5) is 13.8 Å². The Bertz CT molecular complexity index is 1160. The van der Waals surface area contributed by atoms with Crippen LogP contribution >= 0.6 is 22.9 Å². The van der Waals surface area contributed by atoms with Gasteiger partial charge in [-0.15, -0.1) is 0 Å². The average Bonchev–Trinajstić information content (AvgIpc) is 3.21. The van der Waals surface area contributed by atoms with Gasteiger partial charge in [0.1, 0.15) is 21.5 Å². The van der Waals surface area contributed by atoms with Crippen LogP contribution in [0.15, 0.2) is 42.5 Å². The lowest BCUT2D eigenvalue weighted by atomic mass is 10.0. The molecule has 2 aromatic carbocycles. The molecule has 0 atom stereocenters. The van der Waals surface area contributed by atoms with Crippen LogP contribution in [-0.4, -0.2) is 60.5 Å². The second-order valence-corrected chi connectivity index (χ2v) is 9.78. The maximum atomic E-state index is 12.9. The highest BCUT2D eigenvalue weighted by Gasteiger charge is 2.25. The van der Waals surface area contributed by atoms with Gasteiger partial charge in [-0.05, 0) is 57.3 Å². The van der Waals surface area contributed by atoms with Gasteiger partial charge >= 0.3 is 6.61 Å². The SMILES string of the molecule is CN(C)C1CCN(C(=O)c2ccc(-c3nc(-c4cc(Cl)ccc4OC(F)F)c(N)s3)cc2)CC1. The summed E-state index contributed by atoms with van der Waals surface area (Å²) in [6.45, 7) is -1.52. The van der Waals surface area contributed by atoms with Gasteiger partial charge in [0.15, 0.2) is 0 Å². The van der Waals surface area contributed by atoms with Crippen LogP contribution in [0.2, 0.25) is 5.02 Å². The van der Waals surface area contributed by atoms with E-state index in [4.69, 9.17) is 17.3 Å². The molecule has 1 aliphatic rings. The Kier molecular flexibility index (Phi) is 7.35. The summed E-state index contributed by atoms with van der Waals surface area (Å²) in [5.74, 6) is -0.0438. The number of aromatic nitrogens is 1. The molecule has 180 valence electrons. The Morgan fingerprint density at radius 3 is 2.50 bits per heavy atom. The van der Waals surface area contributed by atoms with E-state index in [0.29, 0.717) is 37.9 Å². The van der Waals surface area contributed by atoms with Crippen molar-refractivity contribution in [3.8, 4) is 27.6 Å². The monoisotopic (exact) mass is 506 g/mol. The number of hydrogen-bond acceptors (Lipinski definition) is 6. The molecule has 0 unspecified atom stereocenters. The molecule has 10 heteroatoms. The first kappa shape index (κ1) is 24.4. The number of rotatable bonds is 6. The van der Waals surface area contributed by atoms with Crippen LogP contribution in [0.1, 0.15) is 23.2 Å². The zero-order chi connectivity index (χ0) is 24.4. The summed E-state index contributed by atoms with van der Waals surface area (Å²) in [5.41, 5.74) is 8.17. The number of carbonyl (C=O) groups excluding carboxylic acids is 1. The molecule has 0 saturated carbocycles. The molecule has 2 N–H and O–H groups in total. The Hall–Kier alpha value is -2.75. The number of piperidine rings is 1. The molecule has 0 bridgehead atoms. The Morgan fingerprint density at radius 1 is 1.21 bits per heavy atom. The van der Waals surface area contributed by atoms with Crippen LogP contribution in [0.25, 0.3) is 21.8 Å². The number of nitrogens with zero attached hydrogens (tertiary/aromatic N) is 3. The van der Waals surface area contributed by atoms with E-state index in [1.165, 1.54) is 29.5 Å². The molecular weight excluding hydrogens is 482 g/mol. The molecule has 4 rings (SSSR count). The fourth-order valence-electron chi connectivity index (χ4n) is 4.06. The molecule has 1 fully saturated rings. The summed E-state index contributed by atoms with van der Waals surface area (Å²) in [7, 11) is 4.13. The molecule has 6 nitrogen and oxygen atoms in total. The highest BCUT2D eigenvalue weighted by atomic mass is 35.5. The van der Waals surface area contributed by atoms with Crippen molar-refractivity contribution in [2.75, 3.05) is 32.9 Å². The third-order valence-electron chi connectivity index (χ3n) is 5.93. The minimum absolute atomic E-state index is 0.0100. The number of anilines is 1. The first-order valence-corrected chi connectivity index (χ1v) is 12.0. The van der Waals surface area contributed by atoms with Crippen LogP contribution in [0, 0.1) is 0 Å². The van der Waals surface area contributed by atoms with E-state index in [0.717, 1.165) is 31.5 Å². The number of nitrogens with two attached hydrogens (primary N) is 1. The number of likely N-dealkylation sites (tertiary alicyclic amines) is 1. The normalized spacial score (nSPS) is 14.7. The topological polar surface area (TPSA) is 71.7 Å². The standard InChI is InChI=1S/C24H25ClF2N4O2S/c1-30(2)17-9-11-31(12-10-17)23(32)15-5-3-14(4-6-15)22-29-20(21(28)34-22)18-13-16(25)7-8-19(18)33-24(26)27/h3-8,13,17,24H,9-12,28H2,1-2H3. The maximum absolute atomic E-state index is 12.9. The van der Waals surface area contributed by atoms with Crippen LogP contribution < -0.4 is 10.5 Å². The predicted molar refractivity (Wildman–Crippen MR) is 132 cm³/mol. The lowest BCUT2D eigenvalue weighted by Crippen LogP contribution is -2.44. The molecule has 3 aromatic rings. The van der Waals surface area contributed by atoms with Crippen molar-refractivity contribution in [1.29, 1.82) is 0 Å². The van der Waals surface area contributed by atoms with E-state index in [2.05, 4.69) is 28.7 Å². The summed E-state index contributed by atoms with van der Waals surface area (Å²) >= 11 is 7.29. The number of thiazole rings is 1. The lowest BCUT2D eigenvalue weighted by molar-refractivity contribution is -0.0494. The summed E-state index contributed by atoms with van der Waals surface area (Å²) in [4.78, 5) is 21.6. The molecule has 1 amide bonds. The maximum Gasteiger partial charge on any atom is 0.387 e. The van der Waals surface area contributed by atoms with Crippen LogP contribution in [-0.2, 0) is 0 Å².